The number of aryl methyl sites for hydroxylation is 2. The number of rotatable bonds is 0. The largest absolute Gasteiger partial charge is 0.871 e. The van der Waals surface area contributed by atoms with Crippen molar-refractivity contribution in [1.82, 2.24) is 9.97 Å². The molecule has 1 aliphatic carbocycles. The molecule has 1 aliphatic rings. The highest BCUT2D eigenvalue weighted by Gasteiger charge is 2.14. The van der Waals surface area contributed by atoms with Gasteiger partial charge in [-0.25, -0.2) is 4.98 Å². The molecule has 21 heavy (non-hydrogen) atoms. The van der Waals surface area contributed by atoms with Crippen molar-refractivity contribution < 1.29 is 5.11 Å². The van der Waals surface area contributed by atoms with E-state index in [1.165, 1.54) is 48.3 Å². The molecule has 3 aromatic rings. The number of aromatic nitrogens is 2. The van der Waals surface area contributed by atoms with E-state index in [-0.39, 0.29) is 11.3 Å². The molecule has 0 bridgehead atoms. The molecule has 5 heteroatoms. The van der Waals surface area contributed by atoms with Crippen molar-refractivity contribution in [2.45, 2.75) is 38.5 Å². The summed E-state index contributed by atoms with van der Waals surface area (Å²) in [5, 5.41) is 12.9. The lowest BCUT2D eigenvalue weighted by atomic mass is 9.96. The summed E-state index contributed by atoms with van der Waals surface area (Å²) < 4.78 is 0.607. The topological polar surface area (TPSA) is 68.8 Å². The van der Waals surface area contributed by atoms with Crippen molar-refractivity contribution in [3.8, 4) is 5.75 Å². The lowest BCUT2D eigenvalue weighted by Gasteiger charge is -2.12. The molecule has 4 nitrogen and oxygen atoms in total. The van der Waals surface area contributed by atoms with E-state index in [9.17, 15) is 9.90 Å². The molecule has 0 amide bonds. The maximum Gasteiger partial charge on any atom is 0.247 e. The number of thiophene rings is 1. The Hall–Kier alpha value is -1.88. The third-order valence-electron chi connectivity index (χ3n) is 4.20. The summed E-state index contributed by atoms with van der Waals surface area (Å²) in [6, 6.07) is 3.25. The second-order valence-corrected chi connectivity index (χ2v) is 6.66. The van der Waals surface area contributed by atoms with Gasteiger partial charge in [0.2, 0.25) is 5.56 Å². The number of nitrogens with one attached hydrogen (secondary N) is 1. The van der Waals surface area contributed by atoms with Crippen LogP contribution in [0.25, 0.3) is 20.4 Å². The van der Waals surface area contributed by atoms with Gasteiger partial charge in [-0.1, -0.05) is 18.6 Å². The van der Waals surface area contributed by atoms with Crippen LogP contribution in [0.4, 0.5) is 0 Å². The van der Waals surface area contributed by atoms with E-state index in [0.717, 1.165) is 29.1 Å². The molecule has 0 spiro atoms. The predicted molar refractivity (Wildman–Crippen MR) is 83.1 cm³/mol. The summed E-state index contributed by atoms with van der Waals surface area (Å²) in [5.41, 5.74) is 2.77. The molecule has 3 aromatic heterocycles. The highest BCUT2D eigenvalue weighted by Crippen LogP contribution is 2.36. The lowest BCUT2D eigenvalue weighted by Crippen LogP contribution is -2.06. The number of pyridine rings is 2. The Morgan fingerprint density at radius 3 is 2.81 bits per heavy atom. The molecule has 0 fully saturated rings. The average Bonchev–Trinajstić information content (AvgIpc) is 2.77. The highest BCUT2D eigenvalue weighted by atomic mass is 32.1. The zero-order valence-corrected chi connectivity index (χ0v) is 12.4. The fourth-order valence-corrected chi connectivity index (χ4v) is 4.18. The minimum atomic E-state index is -0.334. The fourth-order valence-electron chi connectivity index (χ4n) is 3.14. The molecule has 0 aromatic carbocycles. The van der Waals surface area contributed by atoms with E-state index < -0.39 is 0 Å². The number of hydrogen-bond donors (Lipinski definition) is 1. The second-order valence-electron chi connectivity index (χ2n) is 5.67. The third-order valence-corrected chi connectivity index (χ3v) is 5.31. The van der Waals surface area contributed by atoms with E-state index in [4.69, 9.17) is 4.98 Å². The standard InChI is InChI=1S/C16H16N2O2S/c19-12-8-13(20)18-14-10-7-9-5-3-1-2-4-6-11(9)17-16(10)21-15(12)14/h7-8H,1-6H2,(H2,18,19,20)/p-1. The Kier molecular flexibility index (Phi) is 2.96. The van der Waals surface area contributed by atoms with Crippen molar-refractivity contribution in [1.29, 1.82) is 0 Å². The van der Waals surface area contributed by atoms with Crippen LogP contribution >= 0.6 is 11.3 Å². The summed E-state index contributed by atoms with van der Waals surface area (Å²) in [6.45, 7) is 0. The third kappa shape index (κ3) is 2.12. The minimum absolute atomic E-state index is 0.204. The zero-order valence-electron chi connectivity index (χ0n) is 11.6. The molecule has 108 valence electrons. The molecule has 3 heterocycles. The van der Waals surface area contributed by atoms with E-state index >= 15 is 0 Å². The van der Waals surface area contributed by atoms with Crippen LogP contribution in [-0.2, 0) is 12.8 Å². The minimum Gasteiger partial charge on any atom is -0.871 e. The molecule has 0 unspecified atom stereocenters. The Balaban J connectivity index is 2.03. The van der Waals surface area contributed by atoms with Gasteiger partial charge in [0.05, 0.1) is 5.52 Å². The van der Waals surface area contributed by atoms with Gasteiger partial charge in [-0.15, -0.1) is 11.3 Å². The Labute approximate surface area is 125 Å². The van der Waals surface area contributed by atoms with Crippen molar-refractivity contribution in [2.75, 3.05) is 0 Å². The molecule has 0 atom stereocenters. The van der Waals surface area contributed by atoms with Gasteiger partial charge in [0.15, 0.2) is 0 Å². The predicted octanol–water partition coefficient (Wildman–Crippen LogP) is 2.87. The number of fused-ring (bicyclic) bond motifs is 4. The van der Waals surface area contributed by atoms with Crippen LogP contribution in [0.3, 0.4) is 0 Å². The van der Waals surface area contributed by atoms with Crippen molar-refractivity contribution >= 4 is 31.8 Å². The van der Waals surface area contributed by atoms with Gasteiger partial charge in [0.1, 0.15) is 4.83 Å². The van der Waals surface area contributed by atoms with E-state index in [0.29, 0.717) is 10.2 Å². The molecule has 0 radical (unpaired) electrons. The lowest BCUT2D eigenvalue weighted by molar-refractivity contribution is -0.265. The molecule has 0 saturated carbocycles. The smallest absolute Gasteiger partial charge is 0.247 e. The first-order valence-electron chi connectivity index (χ1n) is 7.38. The maximum atomic E-state index is 12.0. The van der Waals surface area contributed by atoms with Crippen molar-refractivity contribution in [3.05, 3.63) is 33.7 Å². The number of H-pyrrole nitrogens is 1. The number of nitrogens with zero attached hydrogens (tertiary/aromatic N) is 1. The number of hydrogen-bond acceptors (Lipinski definition) is 4. The van der Waals surface area contributed by atoms with Crippen LogP contribution in [-0.4, -0.2) is 9.97 Å². The normalized spacial score (nSPS) is 15.8. The van der Waals surface area contributed by atoms with Gasteiger partial charge in [-0.3, -0.25) is 4.79 Å². The second kappa shape index (κ2) is 4.84. The molecule has 0 saturated heterocycles. The van der Waals surface area contributed by atoms with Crippen LogP contribution in [0.15, 0.2) is 16.9 Å². The van der Waals surface area contributed by atoms with Crippen LogP contribution in [0.2, 0.25) is 0 Å². The van der Waals surface area contributed by atoms with Crippen molar-refractivity contribution in [3.63, 3.8) is 0 Å². The monoisotopic (exact) mass is 299 g/mol. The van der Waals surface area contributed by atoms with Crippen LogP contribution < -0.4 is 10.7 Å². The van der Waals surface area contributed by atoms with Gasteiger partial charge in [-0.05, 0) is 43.4 Å². The van der Waals surface area contributed by atoms with Crippen LogP contribution in [0, 0.1) is 0 Å². The molecular formula is C16H15N2O2S-. The highest BCUT2D eigenvalue weighted by molar-refractivity contribution is 7.25. The Bertz CT molecular complexity index is 895. The first-order chi connectivity index (χ1) is 10.2. The zero-order chi connectivity index (χ0) is 14.4. The Morgan fingerprint density at radius 1 is 1.14 bits per heavy atom. The Morgan fingerprint density at radius 2 is 1.95 bits per heavy atom. The fraction of sp³-hybridized carbons (Fsp3) is 0.375. The van der Waals surface area contributed by atoms with Crippen LogP contribution in [0.1, 0.15) is 36.9 Å². The van der Waals surface area contributed by atoms with Gasteiger partial charge >= 0.3 is 0 Å². The van der Waals surface area contributed by atoms with Gasteiger partial charge < -0.3 is 10.1 Å². The van der Waals surface area contributed by atoms with E-state index in [2.05, 4.69) is 11.1 Å². The van der Waals surface area contributed by atoms with Crippen molar-refractivity contribution in [2.24, 2.45) is 0 Å². The first kappa shape index (κ1) is 12.8. The molecule has 0 aliphatic heterocycles. The molecule has 4 rings (SSSR count). The molecule has 1 N–H and O–H groups in total. The van der Waals surface area contributed by atoms with Gasteiger partial charge in [0, 0.05) is 15.8 Å². The van der Waals surface area contributed by atoms with Crippen LogP contribution in [0.5, 0.6) is 5.75 Å². The average molecular weight is 299 g/mol. The SMILES string of the molecule is O=c1cc([O-])c2sc3nc4c(cc3c2[nH]1)CCCCCC4. The first-order valence-corrected chi connectivity index (χ1v) is 8.19. The summed E-state index contributed by atoms with van der Waals surface area (Å²) in [7, 11) is 0. The maximum absolute atomic E-state index is 12.0. The summed E-state index contributed by atoms with van der Waals surface area (Å²) >= 11 is 1.39. The number of aromatic amines is 1. The quantitative estimate of drug-likeness (QED) is 0.694. The van der Waals surface area contributed by atoms with E-state index in [1.807, 2.05) is 0 Å². The van der Waals surface area contributed by atoms with Gasteiger partial charge in [0.25, 0.3) is 0 Å². The van der Waals surface area contributed by atoms with E-state index in [1.54, 1.807) is 0 Å². The summed E-state index contributed by atoms with van der Waals surface area (Å²) in [6.07, 6.45) is 6.95. The molecular weight excluding hydrogens is 284 g/mol. The summed E-state index contributed by atoms with van der Waals surface area (Å²) in [5.74, 6) is -0.204. The van der Waals surface area contributed by atoms with Gasteiger partial charge in [-0.2, -0.15) is 0 Å². The summed E-state index contributed by atoms with van der Waals surface area (Å²) in [4.78, 5) is 20.0.